The molecular formula is C15H21Br2NO. The SMILES string of the molecule is C/C=C/COc1c(Br)cc(CNC(C)(C)C)cc1Br. The van der Waals surface area contributed by atoms with Gasteiger partial charge in [0.15, 0.2) is 0 Å². The second-order valence-electron chi connectivity index (χ2n) is 5.37. The zero-order chi connectivity index (χ0) is 14.5. The molecule has 1 N–H and O–H groups in total. The van der Waals surface area contributed by atoms with Crippen LogP contribution >= 0.6 is 31.9 Å². The number of allylic oxidation sites excluding steroid dienone is 1. The van der Waals surface area contributed by atoms with E-state index in [1.54, 1.807) is 0 Å². The Balaban J connectivity index is 2.78. The van der Waals surface area contributed by atoms with Crippen molar-refractivity contribution in [1.82, 2.24) is 5.32 Å². The van der Waals surface area contributed by atoms with Gasteiger partial charge in [-0.1, -0.05) is 12.2 Å². The van der Waals surface area contributed by atoms with Crippen LogP contribution < -0.4 is 10.1 Å². The molecular weight excluding hydrogens is 370 g/mol. The third-order valence-electron chi connectivity index (χ3n) is 2.44. The monoisotopic (exact) mass is 389 g/mol. The summed E-state index contributed by atoms with van der Waals surface area (Å²) in [6.45, 7) is 9.86. The van der Waals surface area contributed by atoms with E-state index in [4.69, 9.17) is 4.74 Å². The smallest absolute Gasteiger partial charge is 0.148 e. The summed E-state index contributed by atoms with van der Waals surface area (Å²) in [7, 11) is 0. The molecule has 0 amide bonds. The van der Waals surface area contributed by atoms with Crippen LogP contribution in [0.25, 0.3) is 0 Å². The summed E-state index contributed by atoms with van der Waals surface area (Å²) in [5, 5.41) is 3.47. The lowest BCUT2D eigenvalue weighted by Gasteiger charge is -2.21. The van der Waals surface area contributed by atoms with Crippen molar-refractivity contribution in [2.75, 3.05) is 6.61 Å². The molecule has 0 heterocycles. The van der Waals surface area contributed by atoms with E-state index in [0.29, 0.717) is 6.61 Å². The van der Waals surface area contributed by atoms with E-state index in [0.717, 1.165) is 21.2 Å². The Morgan fingerprint density at radius 1 is 1.21 bits per heavy atom. The average Bonchev–Trinajstić information content (AvgIpc) is 2.29. The Morgan fingerprint density at radius 2 is 1.79 bits per heavy atom. The van der Waals surface area contributed by atoms with E-state index < -0.39 is 0 Å². The number of ether oxygens (including phenoxy) is 1. The van der Waals surface area contributed by atoms with Crippen LogP contribution in [0.3, 0.4) is 0 Å². The topological polar surface area (TPSA) is 21.3 Å². The van der Waals surface area contributed by atoms with Crippen molar-refractivity contribution in [3.63, 3.8) is 0 Å². The minimum absolute atomic E-state index is 0.111. The van der Waals surface area contributed by atoms with Crippen LogP contribution in [0.5, 0.6) is 5.75 Å². The van der Waals surface area contributed by atoms with Gasteiger partial charge in [-0.2, -0.15) is 0 Å². The first kappa shape index (κ1) is 16.7. The first-order chi connectivity index (χ1) is 8.83. The lowest BCUT2D eigenvalue weighted by Crippen LogP contribution is -2.35. The molecule has 4 heteroatoms. The van der Waals surface area contributed by atoms with E-state index in [2.05, 4.69) is 70.1 Å². The molecule has 0 atom stereocenters. The van der Waals surface area contributed by atoms with Crippen molar-refractivity contribution in [2.24, 2.45) is 0 Å². The van der Waals surface area contributed by atoms with Gasteiger partial charge in [0.05, 0.1) is 8.95 Å². The summed E-state index contributed by atoms with van der Waals surface area (Å²) in [6.07, 6.45) is 3.96. The Bertz CT molecular complexity index is 427. The molecule has 0 aliphatic carbocycles. The first-order valence-electron chi connectivity index (χ1n) is 6.30. The molecule has 19 heavy (non-hydrogen) atoms. The third-order valence-corrected chi connectivity index (χ3v) is 3.62. The fraction of sp³-hybridized carbons (Fsp3) is 0.467. The summed E-state index contributed by atoms with van der Waals surface area (Å²) >= 11 is 7.13. The molecule has 0 aliphatic rings. The predicted octanol–water partition coefficient (Wildman–Crippen LogP) is 5.05. The van der Waals surface area contributed by atoms with Crippen LogP contribution in [-0.4, -0.2) is 12.1 Å². The normalized spacial score (nSPS) is 12.1. The van der Waals surface area contributed by atoms with Crippen molar-refractivity contribution >= 4 is 31.9 Å². The molecule has 0 saturated heterocycles. The largest absolute Gasteiger partial charge is 0.487 e. The summed E-state index contributed by atoms with van der Waals surface area (Å²) < 4.78 is 7.65. The molecule has 0 aliphatic heterocycles. The molecule has 2 nitrogen and oxygen atoms in total. The van der Waals surface area contributed by atoms with Crippen LogP contribution in [0.15, 0.2) is 33.2 Å². The maximum Gasteiger partial charge on any atom is 0.148 e. The van der Waals surface area contributed by atoms with Gasteiger partial charge in [-0.05, 0) is 77.3 Å². The van der Waals surface area contributed by atoms with E-state index in [9.17, 15) is 0 Å². The zero-order valence-corrected chi connectivity index (χ0v) is 15.1. The summed E-state index contributed by atoms with van der Waals surface area (Å²) in [5.74, 6) is 0.845. The molecule has 0 spiro atoms. The average molecular weight is 391 g/mol. The standard InChI is InChI=1S/C15H21Br2NO/c1-5-6-7-19-14-12(16)8-11(9-13(14)17)10-18-15(2,3)4/h5-6,8-9,18H,7,10H2,1-4H3/b6-5+. The van der Waals surface area contributed by atoms with Gasteiger partial charge < -0.3 is 10.1 Å². The van der Waals surface area contributed by atoms with E-state index in [-0.39, 0.29) is 5.54 Å². The number of nitrogens with one attached hydrogen (secondary N) is 1. The van der Waals surface area contributed by atoms with Gasteiger partial charge in [0.2, 0.25) is 0 Å². The van der Waals surface area contributed by atoms with Gasteiger partial charge in [-0.3, -0.25) is 0 Å². The van der Waals surface area contributed by atoms with Crippen LogP contribution in [0, 0.1) is 0 Å². The van der Waals surface area contributed by atoms with E-state index in [1.165, 1.54) is 5.56 Å². The summed E-state index contributed by atoms with van der Waals surface area (Å²) in [6, 6.07) is 4.18. The second-order valence-corrected chi connectivity index (χ2v) is 7.08. The van der Waals surface area contributed by atoms with Crippen molar-refractivity contribution in [3.8, 4) is 5.75 Å². The highest BCUT2D eigenvalue weighted by atomic mass is 79.9. The maximum atomic E-state index is 5.71. The number of benzene rings is 1. The highest BCUT2D eigenvalue weighted by Crippen LogP contribution is 2.34. The highest BCUT2D eigenvalue weighted by Gasteiger charge is 2.12. The molecule has 0 saturated carbocycles. The van der Waals surface area contributed by atoms with E-state index >= 15 is 0 Å². The third kappa shape index (κ3) is 6.11. The predicted molar refractivity (Wildman–Crippen MR) is 88.7 cm³/mol. The van der Waals surface area contributed by atoms with Gasteiger partial charge in [-0.25, -0.2) is 0 Å². The van der Waals surface area contributed by atoms with E-state index in [1.807, 2.05) is 19.1 Å². The van der Waals surface area contributed by atoms with Gasteiger partial charge in [0, 0.05) is 12.1 Å². The van der Waals surface area contributed by atoms with Crippen molar-refractivity contribution in [2.45, 2.75) is 39.8 Å². The number of rotatable bonds is 5. The fourth-order valence-electron chi connectivity index (χ4n) is 1.45. The highest BCUT2D eigenvalue weighted by molar-refractivity contribution is 9.11. The van der Waals surface area contributed by atoms with Crippen molar-refractivity contribution in [1.29, 1.82) is 0 Å². The number of hydrogen-bond acceptors (Lipinski definition) is 2. The molecule has 1 rings (SSSR count). The summed E-state index contributed by atoms with van der Waals surface area (Å²) in [5.41, 5.74) is 1.33. The first-order valence-corrected chi connectivity index (χ1v) is 7.89. The Hall–Kier alpha value is -0.320. The fourth-order valence-corrected chi connectivity index (χ4v) is 2.96. The molecule has 106 valence electrons. The zero-order valence-electron chi connectivity index (χ0n) is 11.9. The maximum absolute atomic E-state index is 5.71. The van der Waals surface area contributed by atoms with Crippen molar-refractivity contribution in [3.05, 3.63) is 38.8 Å². The van der Waals surface area contributed by atoms with Gasteiger partial charge >= 0.3 is 0 Å². The molecule has 0 unspecified atom stereocenters. The lowest BCUT2D eigenvalue weighted by molar-refractivity contribution is 0.357. The minimum atomic E-state index is 0.111. The lowest BCUT2D eigenvalue weighted by atomic mass is 10.1. The molecule has 1 aromatic carbocycles. The van der Waals surface area contributed by atoms with Crippen LogP contribution in [0.4, 0.5) is 0 Å². The molecule has 0 bridgehead atoms. The number of hydrogen-bond donors (Lipinski definition) is 1. The van der Waals surface area contributed by atoms with Crippen LogP contribution in [0.1, 0.15) is 33.3 Å². The Labute approximate surface area is 132 Å². The molecule has 0 fully saturated rings. The van der Waals surface area contributed by atoms with Gasteiger partial charge in [0.25, 0.3) is 0 Å². The van der Waals surface area contributed by atoms with Crippen LogP contribution in [-0.2, 0) is 6.54 Å². The minimum Gasteiger partial charge on any atom is -0.487 e. The molecule has 0 radical (unpaired) electrons. The summed E-state index contributed by atoms with van der Waals surface area (Å²) in [4.78, 5) is 0. The van der Waals surface area contributed by atoms with Crippen LogP contribution in [0.2, 0.25) is 0 Å². The number of halogens is 2. The second kappa shape index (κ2) is 7.46. The Morgan fingerprint density at radius 3 is 2.26 bits per heavy atom. The molecule has 1 aromatic rings. The van der Waals surface area contributed by atoms with Crippen molar-refractivity contribution < 1.29 is 4.74 Å². The van der Waals surface area contributed by atoms with Gasteiger partial charge in [-0.15, -0.1) is 0 Å². The quantitative estimate of drug-likeness (QED) is 0.709. The molecule has 0 aromatic heterocycles. The van der Waals surface area contributed by atoms with Gasteiger partial charge in [0.1, 0.15) is 12.4 Å². The Kier molecular flexibility index (Phi) is 6.57.